The number of hydrogen-bond acceptors (Lipinski definition) is 2. The molecule has 1 atom stereocenters. The Kier molecular flexibility index (Phi) is 4.25. The van der Waals surface area contributed by atoms with Crippen LogP contribution in [0.15, 0.2) is 34.8 Å². The second-order valence-electron chi connectivity index (χ2n) is 5.26. The summed E-state index contributed by atoms with van der Waals surface area (Å²) in [5, 5.41) is 4.17. The van der Waals surface area contributed by atoms with Crippen LogP contribution in [0, 0.1) is 6.92 Å². The molecule has 1 aliphatic rings. The average molecular weight is 367 g/mol. The third kappa shape index (κ3) is 2.70. The number of halogens is 2. The Balaban J connectivity index is 2.15. The van der Waals surface area contributed by atoms with E-state index in [0.29, 0.717) is 0 Å². The van der Waals surface area contributed by atoms with Crippen molar-refractivity contribution in [2.45, 2.75) is 19.4 Å². The van der Waals surface area contributed by atoms with E-state index in [9.17, 15) is 0 Å². The highest BCUT2D eigenvalue weighted by Gasteiger charge is 2.24. The van der Waals surface area contributed by atoms with Crippen LogP contribution in [0.4, 0.5) is 0 Å². The smallest absolute Gasteiger partial charge is 0.127 e. The van der Waals surface area contributed by atoms with E-state index in [1.807, 2.05) is 19.2 Å². The number of ether oxygens (including phenoxy) is 1. The fourth-order valence-electron chi connectivity index (χ4n) is 2.93. The molecule has 0 saturated heterocycles. The van der Waals surface area contributed by atoms with Crippen LogP contribution in [0.2, 0.25) is 5.02 Å². The summed E-state index contributed by atoms with van der Waals surface area (Å²) in [4.78, 5) is 0. The van der Waals surface area contributed by atoms with Crippen LogP contribution in [0.3, 0.4) is 0 Å². The summed E-state index contributed by atoms with van der Waals surface area (Å²) in [5.41, 5.74) is 4.76. The molecule has 0 saturated carbocycles. The Hall–Kier alpha value is -1.03. The second kappa shape index (κ2) is 5.99. The highest BCUT2D eigenvalue weighted by atomic mass is 79.9. The first-order valence-corrected chi connectivity index (χ1v) is 8.16. The van der Waals surface area contributed by atoms with Crippen molar-refractivity contribution < 1.29 is 4.74 Å². The molecule has 1 heterocycles. The third-order valence-electron chi connectivity index (χ3n) is 4.00. The van der Waals surface area contributed by atoms with E-state index in [4.69, 9.17) is 16.3 Å². The van der Waals surface area contributed by atoms with Crippen LogP contribution in [-0.2, 0) is 6.42 Å². The molecule has 3 rings (SSSR count). The molecule has 0 spiro atoms. The quantitative estimate of drug-likeness (QED) is 0.853. The highest BCUT2D eigenvalue weighted by Crippen LogP contribution is 2.39. The molecule has 1 unspecified atom stereocenters. The Morgan fingerprint density at radius 1 is 1.29 bits per heavy atom. The number of rotatable bonds is 3. The monoisotopic (exact) mass is 365 g/mol. The molecule has 0 amide bonds. The van der Waals surface area contributed by atoms with Gasteiger partial charge in [-0.05, 0) is 48.9 Å². The third-order valence-corrected chi connectivity index (χ3v) is 5.07. The molecular formula is C17H17BrClNO. The van der Waals surface area contributed by atoms with Crippen molar-refractivity contribution in [3.63, 3.8) is 0 Å². The first kappa shape index (κ1) is 14.9. The largest absolute Gasteiger partial charge is 0.493 e. The molecule has 0 aromatic heterocycles. The molecule has 4 heteroatoms. The van der Waals surface area contributed by atoms with E-state index >= 15 is 0 Å². The fourth-order valence-corrected chi connectivity index (χ4v) is 3.56. The van der Waals surface area contributed by atoms with Crippen LogP contribution in [0.1, 0.15) is 28.3 Å². The molecule has 0 bridgehead atoms. The lowest BCUT2D eigenvalue weighted by Gasteiger charge is -2.22. The standard InChI is InChI=1S/C17H17BrClNO/c1-10-13(4-3-5-15(10)18)16(20-2)14-9-12(19)8-11-6-7-21-17(11)14/h3-5,8-9,16,20H,6-7H2,1-2H3. The number of hydrogen-bond donors (Lipinski definition) is 1. The zero-order chi connectivity index (χ0) is 15.0. The average Bonchev–Trinajstić information content (AvgIpc) is 2.92. The molecule has 21 heavy (non-hydrogen) atoms. The van der Waals surface area contributed by atoms with E-state index in [-0.39, 0.29) is 6.04 Å². The Morgan fingerprint density at radius 3 is 2.86 bits per heavy atom. The number of benzene rings is 2. The van der Waals surface area contributed by atoms with E-state index in [2.05, 4.69) is 46.4 Å². The van der Waals surface area contributed by atoms with Crippen LogP contribution in [0.25, 0.3) is 0 Å². The first-order chi connectivity index (χ1) is 10.1. The van der Waals surface area contributed by atoms with Crippen LogP contribution < -0.4 is 10.1 Å². The van der Waals surface area contributed by atoms with E-state index in [1.54, 1.807) is 0 Å². The zero-order valence-electron chi connectivity index (χ0n) is 12.0. The SMILES string of the molecule is CNC(c1cccc(Br)c1C)c1cc(Cl)cc2c1OCC2. The van der Waals surface area contributed by atoms with Gasteiger partial charge in [0, 0.05) is 21.5 Å². The molecular weight excluding hydrogens is 350 g/mol. The van der Waals surface area contributed by atoms with Crippen LogP contribution in [-0.4, -0.2) is 13.7 Å². The second-order valence-corrected chi connectivity index (χ2v) is 6.55. The van der Waals surface area contributed by atoms with Crippen molar-refractivity contribution in [3.05, 3.63) is 62.1 Å². The minimum absolute atomic E-state index is 0.0630. The van der Waals surface area contributed by atoms with Crippen LogP contribution >= 0.6 is 27.5 Å². The molecule has 1 N–H and O–H groups in total. The van der Waals surface area contributed by atoms with E-state index in [0.717, 1.165) is 33.8 Å². The fraction of sp³-hybridized carbons (Fsp3) is 0.294. The Labute approximate surface area is 138 Å². The van der Waals surface area contributed by atoms with Gasteiger partial charge in [0.25, 0.3) is 0 Å². The lowest BCUT2D eigenvalue weighted by Crippen LogP contribution is -2.19. The minimum Gasteiger partial charge on any atom is -0.493 e. The van der Waals surface area contributed by atoms with Gasteiger partial charge in [0.15, 0.2) is 0 Å². The van der Waals surface area contributed by atoms with Gasteiger partial charge < -0.3 is 10.1 Å². The van der Waals surface area contributed by atoms with Crippen LogP contribution in [0.5, 0.6) is 5.75 Å². The molecule has 2 aromatic rings. The van der Waals surface area contributed by atoms with Gasteiger partial charge in [0.05, 0.1) is 12.6 Å². The molecule has 110 valence electrons. The summed E-state index contributed by atoms with van der Waals surface area (Å²) in [6.07, 6.45) is 0.927. The zero-order valence-corrected chi connectivity index (χ0v) is 14.4. The Bertz CT molecular complexity index is 687. The minimum atomic E-state index is 0.0630. The molecule has 0 fully saturated rings. The number of fused-ring (bicyclic) bond motifs is 1. The highest BCUT2D eigenvalue weighted by molar-refractivity contribution is 9.10. The van der Waals surface area contributed by atoms with Gasteiger partial charge >= 0.3 is 0 Å². The van der Waals surface area contributed by atoms with Crippen molar-refractivity contribution in [2.75, 3.05) is 13.7 Å². The summed E-state index contributed by atoms with van der Waals surface area (Å²) in [5.74, 6) is 0.984. The Morgan fingerprint density at radius 2 is 2.10 bits per heavy atom. The van der Waals surface area contributed by atoms with Crippen molar-refractivity contribution in [1.29, 1.82) is 0 Å². The maximum Gasteiger partial charge on any atom is 0.127 e. The molecule has 0 aliphatic carbocycles. The van der Waals surface area contributed by atoms with Gasteiger partial charge in [-0.3, -0.25) is 0 Å². The van der Waals surface area contributed by atoms with Gasteiger partial charge in [-0.1, -0.05) is 39.7 Å². The maximum atomic E-state index is 6.30. The van der Waals surface area contributed by atoms with Gasteiger partial charge in [-0.15, -0.1) is 0 Å². The van der Waals surface area contributed by atoms with Crippen molar-refractivity contribution >= 4 is 27.5 Å². The predicted molar refractivity (Wildman–Crippen MR) is 90.4 cm³/mol. The summed E-state index contributed by atoms with van der Waals surface area (Å²) in [6.45, 7) is 2.85. The van der Waals surface area contributed by atoms with Gasteiger partial charge in [-0.2, -0.15) is 0 Å². The maximum absolute atomic E-state index is 6.30. The lowest BCUT2D eigenvalue weighted by atomic mass is 9.93. The normalized spacial score (nSPS) is 14.7. The van der Waals surface area contributed by atoms with Gasteiger partial charge in [0.2, 0.25) is 0 Å². The molecule has 2 nitrogen and oxygen atoms in total. The van der Waals surface area contributed by atoms with Crippen molar-refractivity contribution in [2.24, 2.45) is 0 Å². The van der Waals surface area contributed by atoms with E-state index < -0.39 is 0 Å². The topological polar surface area (TPSA) is 21.3 Å². The lowest BCUT2D eigenvalue weighted by molar-refractivity contribution is 0.351. The first-order valence-electron chi connectivity index (χ1n) is 6.99. The molecule has 1 aliphatic heterocycles. The van der Waals surface area contributed by atoms with Crippen molar-refractivity contribution in [1.82, 2.24) is 5.32 Å². The molecule has 0 radical (unpaired) electrons. The summed E-state index contributed by atoms with van der Waals surface area (Å²) in [7, 11) is 1.97. The summed E-state index contributed by atoms with van der Waals surface area (Å²) in [6, 6.07) is 10.3. The predicted octanol–water partition coefficient (Wildman–Crippen LogP) is 4.65. The van der Waals surface area contributed by atoms with Crippen molar-refractivity contribution in [3.8, 4) is 5.75 Å². The molecule has 2 aromatic carbocycles. The summed E-state index contributed by atoms with van der Waals surface area (Å²) >= 11 is 9.90. The summed E-state index contributed by atoms with van der Waals surface area (Å²) < 4.78 is 6.96. The van der Waals surface area contributed by atoms with E-state index in [1.165, 1.54) is 16.7 Å². The van der Waals surface area contributed by atoms with Gasteiger partial charge in [-0.25, -0.2) is 0 Å². The number of nitrogens with one attached hydrogen (secondary N) is 1. The van der Waals surface area contributed by atoms with Gasteiger partial charge in [0.1, 0.15) is 5.75 Å².